The molecule has 4 rings (SSSR count). The highest BCUT2D eigenvalue weighted by molar-refractivity contribution is 9.10. The van der Waals surface area contributed by atoms with E-state index in [-0.39, 0.29) is 11.6 Å². The smallest absolute Gasteiger partial charge is 0.387 e. The van der Waals surface area contributed by atoms with Gasteiger partial charge in [0, 0.05) is 15.7 Å². The number of allylic oxidation sites excluding steroid dienone is 1. The van der Waals surface area contributed by atoms with Gasteiger partial charge in [-0.1, -0.05) is 15.9 Å². The standard InChI is InChI=1S/C18H12BrF3N4O/c19-11-3-6-16(27-17(21)22)13(7-11)15-8-14(10-1-4-12(20)5-2-10)25-18-23-9-24-26(15)18/h1-9,15,17H,(H,23,24,25)/t15-/m0/s1. The maximum absolute atomic E-state index is 13.2. The van der Waals surface area contributed by atoms with E-state index in [1.54, 1.807) is 35.0 Å². The molecule has 0 amide bonds. The molecular formula is C18H12BrF3N4O. The summed E-state index contributed by atoms with van der Waals surface area (Å²) >= 11 is 3.36. The molecule has 5 nitrogen and oxygen atoms in total. The molecule has 1 aromatic heterocycles. The first-order valence-corrected chi connectivity index (χ1v) is 8.69. The maximum Gasteiger partial charge on any atom is 0.387 e. The number of aromatic nitrogens is 3. The summed E-state index contributed by atoms with van der Waals surface area (Å²) in [6.07, 6.45) is 3.16. The van der Waals surface area contributed by atoms with Gasteiger partial charge < -0.3 is 10.1 Å². The Balaban J connectivity index is 1.83. The summed E-state index contributed by atoms with van der Waals surface area (Å²) in [5.74, 6) is 0.121. The molecule has 0 bridgehead atoms. The third kappa shape index (κ3) is 3.55. The number of alkyl halides is 2. The highest BCUT2D eigenvalue weighted by atomic mass is 79.9. The van der Waals surface area contributed by atoms with Crippen molar-refractivity contribution in [1.82, 2.24) is 14.8 Å². The molecule has 0 fully saturated rings. The largest absolute Gasteiger partial charge is 0.434 e. The minimum Gasteiger partial charge on any atom is -0.434 e. The molecule has 0 saturated heterocycles. The van der Waals surface area contributed by atoms with Gasteiger partial charge in [-0.2, -0.15) is 18.9 Å². The van der Waals surface area contributed by atoms with Crippen LogP contribution in [0.3, 0.4) is 0 Å². The van der Waals surface area contributed by atoms with E-state index in [4.69, 9.17) is 0 Å². The number of rotatable bonds is 4. The Hall–Kier alpha value is -2.81. The Morgan fingerprint density at radius 1 is 1.15 bits per heavy atom. The second kappa shape index (κ2) is 7.07. The second-order valence-corrected chi connectivity index (χ2v) is 6.66. The van der Waals surface area contributed by atoms with Crippen molar-refractivity contribution in [2.75, 3.05) is 5.32 Å². The van der Waals surface area contributed by atoms with Gasteiger partial charge in [0.15, 0.2) is 0 Å². The van der Waals surface area contributed by atoms with Gasteiger partial charge in [-0.15, -0.1) is 0 Å². The van der Waals surface area contributed by atoms with E-state index >= 15 is 0 Å². The third-order valence-corrected chi connectivity index (χ3v) is 4.56. The van der Waals surface area contributed by atoms with Crippen LogP contribution in [0.5, 0.6) is 5.75 Å². The minimum absolute atomic E-state index is 0.0382. The van der Waals surface area contributed by atoms with E-state index in [0.29, 0.717) is 21.7 Å². The van der Waals surface area contributed by atoms with Crippen molar-refractivity contribution in [1.29, 1.82) is 0 Å². The lowest BCUT2D eigenvalue weighted by Crippen LogP contribution is -2.21. The predicted octanol–water partition coefficient (Wildman–Crippen LogP) is 4.84. The van der Waals surface area contributed by atoms with Crippen molar-refractivity contribution >= 4 is 27.6 Å². The van der Waals surface area contributed by atoms with Crippen LogP contribution in [0.1, 0.15) is 17.2 Å². The zero-order valence-electron chi connectivity index (χ0n) is 13.6. The van der Waals surface area contributed by atoms with Crippen LogP contribution in [-0.4, -0.2) is 21.4 Å². The number of hydrogen-bond donors (Lipinski definition) is 1. The monoisotopic (exact) mass is 436 g/mol. The number of benzene rings is 2. The normalized spacial score (nSPS) is 15.9. The molecule has 0 radical (unpaired) electrons. The topological polar surface area (TPSA) is 52.0 Å². The minimum atomic E-state index is -2.96. The van der Waals surface area contributed by atoms with Crippen LogP contribution >= 0.6 is 15.9 Å². The van der Waals surface area contributed by atoms with Gasteiger partial charge in [-0.05, 0) is 54.1 Å². The number of nitrogens with zero attached hydrogens (tertiary/aromatic N) is 3. The maximum atomic E-state index is 13.2. The summed E-state index contributed by atoms with van der Waals surface area (Å²) in [4.78, 5) is 4.16. The van der Waals surface area contributed by atoms with Crippen molar-refractivity contribution < 1.29 is 17.9 Å². The zero-order chi connectivity index (χ0) is 19.0. The Morgan fingerprint density at radius 2 is 1.93 bits per heavy atom. The predicted molar refractivity (Wildman–Crippen MR) is 96.9 cm³/mol. The number of ether oxygens (including phenoxy) is 1. The van der Waals surface area contributed by atoms with E-state index in [2.05, 4.69) is 36.1 Å². The molecule has 1 aliphatic rings. The van der Waals surface area contributed by atoms with Gasteiger partial charge in [0.2, 0.25) is 5.95 Å². The molecule has 27 heavy (non-hydrogen) atoms. The Labute approximate surface area is 160 Å². The first kappa shape index (κ1) is 17.6. The first-order valence-electron chi connectivity index (χ1n) is 7.90. The molecule has 0 aliphatic carbocycles. The number of halogens is 4. The molecule has 2 heterocycles. The van der Waals surface area contributed by atoms with Crippen LogP contribution in [0, 0.1) is 5.82 Å². The molecular weight excluding hydrogens is 425 g/mol. The summed E-state index contributed by atoms with van der Waals surface area (Å²) in [5.41, 5.74) is 1.86. The van der Waals surface area contributed by atoms with Crippen molar-refractivity contribution in [3.8, 4) is 5.75 Å². The van der Waals surface area contributed by atoms with Gasteiger partial charge >= 0.3 is 6.61 Å². The molecule has 1 N–H and O–H groups in total. The SMILES string of the molecule is Fc1ccc(C2=C[C@@H](c3cc(Br)ccc3OC(F)F)n3ncnc3N2)cc1. The lowest BCUT2D eigenvalue weighted by Gasteiger charge is -2.26. The van der Waals surface area contributed by atoms with E-state index in [1.165, 1.54) is 24.5 Å². The van der Waals surface area contributed by atoms with Crippen molar-refractivity contribution in [3.05, 3.63) is 76.3 Å². The van der Waals surface area contributed by atoms with E-state index in [1.807, 2.05) is 0 Å². The van der Waals surface area contributed by atoms with Crippen molar-refractivity contribution in [3.63, 3.8) is 0 Å². The molecule has 3 aromatic rings. The molecule has 0 unspecified atom stereocenters. The van der Waals surface area contributed by atoms with Gasteiger partial charge in [-0.3, -0.25) is 0 Å². The number of nitrogens with one attached hydrogen (secondary N) is 1. The average Bonchev–Trinajstić information content (AvgIpc) is 3.11. The van der Waals surface area contributed by atoms with Crippen LogP contribution in [0.15, 0.2) is 59.3 Å². The van der Waals surface area contributed by atoms with E-state index in [0.717, 1.165) is 5.56 Å². The fraction of sp³-hybridized carbons (Fsp3) is 0.111. The number of fused-ring (bicyclic) bond motifs is 1. The summed E-state index contributed by atoms with van der Waals surface area (Å²) in [6.45, 7) is -2.96. The van der Waals surface area contributed by atoms with Crippen LogP contribution in [0.25, 0.3) is 5.70 Å². The van der Waals surface area contributed by atoms with E-state index < -0.39 is 12.7 Å². The molecule has 1 aliphatic heterocycles. The summed E-state index contributed by atoms with van der Waals surface area (Å²) in [7, 11) is 0. The van der Waals surface area contributed by atoms with Crippen LogP contribution in [-0.2, 0) is 0 Å². The molecule has 0 spiro atoms. The average molecular weight is 437 g/mol. The Morgan fingerprint density at radius 3 is 2.67 bits per heavy atom. The van der Waals surface area contributed by atoms with Crippen LogP contribution in [0.4, 0.5) is 19.1 Å². The van der Waals surface area contributed by atoms with Gasteiger partial charge in [-0.25, -0.2) is 9.07 Å². The van der Waals surface area contributed by atoms with Gasteiger partial charge in [0.05, 0.1) is 0 Å². The molecule has 2 aromatic carbocycles. The van der Waals surface area contributed by atoms with Gasteiger partial charge in [0.25, 0.3) is 0 Å². The summed E-state index contributed by atoms with van der Waals surface area (Å²) in [5, 5.41) is 7.30. The lowest BCUT2D eigenvalue weighted by atomic mass is 10.0. The molecule has 1 atom stereocenters. The van der Waals surface area contributed by atoms with Crippen molar-refractivity contribution in [2.24, 2.45) is 0 Å². The number of anilines is 1. The van der Waals surface area contributed by atoms with Crippen LogP contribution < -0.4 is 10.1 Å². The number of hydrogen-bond acceptors (Lipinski definition) is 4. The molecule has 138 valence electrons. The van der Waals surface area contributed by atoms with Crippen molar-refractivity contribution in [2.45, 2.75) is 12.7 Å². The second-order valence-electron chi connectivity index (χ2n) is 5.75. The zero-order valence-corrected chi connectivity index (χ0v) is 15.2. The molecule has 9 heteroatoms. The summed E-state index contributed by atoms with van der Waals surface area (Å²) < 4.78 is 45.9. The van der Waals surface area contributed by atoms with Gasteiger partial charge in [0.1, 0.15) is 23.9 Å². The first-order chi connectivity index (χ1) is 13.0. The quantitative estimate of drug-likeness (QED) is 0.635. The molecule has 0 saturated carbocycles. The lowest BCUT2D eigenvalue weighted by molar-refractivity contribution is -0.0506. The van der Waals surface area contributed by atoms with Crippen LogP contribution in [0.2, 0.25) is 0 Å². The highest BCUT2D eigenvalue weighted by Crippen LogP contribution is 2.37. The third-order valence-electron chi connectivity index (χ3n) is 4.07. The van der Waals surface area contributed by atoms with E-state index in [9.17, 15) is 13.2 Å². The fourth-order valence-corrected chi connectivity index (χ4v) is 3.29. The summed E-state index contributed by atoms with van der Waals surface area (Å²) in [6, 6.07) is 10.2. The fourth-order valence-electron chi connectivity index (χ4n) is 2.91. The Bertz CT molecular complexity index is 1000. The highest BCUT2D eigenvalue weighted by Gasteiger charge is 2.27. The Kier molecular flexibility index (Phi) is 4.61.